The molecule has 1 saturated heterocycles. The zero-order valence-corrected chi connectivity index (χ0v) is 15.9. The van der Waals surface area contributed by atoms with E-state index in [9.17, 15) is 21.2 Å². The van der Waals surface area contributed by atoms with Crippen LogP contribution in [-0.2, 0) is 24.4 Å². The third-order valence-corrected chi connectivity index (χ3v) is 8.19. The first-order valence-corrected chi connectivity index (χ1v) is 11.5. The van der Waals surface area contributed by atoms with Crippen LogP contribution in [0, 0.1) is 5.82 Å². The van der Waals surface area contributed by atoms with Crippen molar-refractivity contribution >= 4 is 19.7 Å². The molecule has 1 fully saturated rings. The van der Waals surface area contributed by atoms with E-state index >= 15 is 0 Å². The normalized spacial score (nSPS) is 23.2. The molecule has 2 atom stereocenters. The summed E-state index contributed by atoms with van der Waals surface area (Å²) < 4.78 is 67.9. The Labute approximate surface area is 148 Å². The van der Waals surface area contributed by atoms with E-state index in [4.69, 9.17) is 4.74 Å². The lowest BCUT2D eigenvalue weighted by atomic mass is 10.2. The molecule has 0 unspecified atom stereocenters. The highest BCUT2D eigenvalue weighted by atomic mass is 32.2. The predicted octanol–water partition coefficient (Wildman–Crippen LogP) is 1.17. The molecule has 0 radical (unpaired) electrons. The fourth-order valence-electron chi connectivity index (χ4n) is 2.79. The Bertz CT molecular complexity index is 775. The van der Waals surface area contributed by atoms with Crippen molar-refractivity contribution < 1.29 is 26.0 Å². The number of hydrogen-bond donors (Lipinski definition) is 1. The molecule has 0 spiro atoms. The Morgan fingerprint density at radius 2 is 1.88 bits per heavy atom. The molecular weight excluding hydrogens is 369 g/mol. The summed E-state index contributed by atoms with van der Waals surface area (Å²) in [6.07, 6.45) is 0.761. The molecule has 2 rings (SSSR count). The monoisotopic (exact) mass is 393 g/mol. The van der Waals surface area contributed by atoms with Crippen LogP contribution >= 0.6 is 0 Å². The minimum absolute atomic E-state index is 0.0639. The second kappa shape index (κ2) is 8.11. The highest BCUT2D eigenvalue weighted by Crippen LogP contribution is 2.26. The van der Waals surface area contributed by atoms with E-state index in [1.165, 1.54) is 12.1 Å². The van der Waals surface area contributed by atoms with Crippen LogP contribution in [0.3, 0.4) is 0 Å². The summed E-state index contributed by atoms with van der Waals surface area (Å²) in [5, 5.41) is 1.96. The molecule has 25 heavy (non-hydrogen) atoms. The van der Waals surface area contributed by atoms with E-state index in [-0.39, 0.29) is 16.8 Å². The van der Waals surface area contributed by atoms with Crippen molar-refractivity contribution in [1.82, 2.24) is 5.32 Å². The van der Waals surface area contributed by atoms with E-state index in [1.807, 2.05) is 13.8 Å². The summed E-state index contributed by atoms with van der Waals surface area (Å²) in [6, 6.07) is 3.77. The first-order valence-electron chi connectivity index (χ1n) is 8.17. The van der Waals surface area contributed by atoms with Crippen molar-refractivity contribution in [2.45, 2.75) is 42.6 Å². The number of nitrogens with one attached hydrogen (secondary N) is 1. The molecule has 0 saturated carbocycles. The lowest BCUT2D eigenvalue weighted by molar-refractivity contribution is 0.0768. The Hall–Kier alpha value is -1.03. The average Bonchev–Trinajstić information content (AvgIpc) is 2.83. The van der Waals surface area contributed by atoms with Gasteiger partial charge in [-0.05, 0) is 51.1 Å². The molecular formula is C16H24FNO5S2. The highest BCUT2D eigenvalue weighted by molar-refractivity contribution is 7.96. The zero-order valence-electron chi connectivity index (χ0n) is 14.3. The smallest absolute Gasteiger partial charge is 0.183 e. The molecule has 0 aliphatic carbocycles. The van der Waals surface area contributed by atoms with E-state index in [0.717, 1.165) is 12.1 Å². The quantitative estimate of drug-likeness (QED) is 0.527. The van der Waals surface area contributed by atoms with Crippen molar-refractivity contribution in [2.24, 2.45) is 0 Å². The van der Waals surface area contributed by atoms with E-state index < -0.39 is 42.5 Å². The number of rotatable bonds is 8. The van der Waals surface area contributed by atoms with Gasteiger partial charge in [-0.3, -0.25) is 0 Å². The number of sulfone groups is 2. The molecule has 1 aromatic rings. The fourth-order valence-corrected chi connectivity index (χ4v) is 7.51. The standard InChI is InChI=1S/C16H24FNO5S2/c1-12(2)23-9-3-8-18-15-10-24(19,20)11-16(15)25(21,22)14-6-4-13(17)5-7-14/h4-7,12,15-16,18H,3,8-11H2,1-2H3/t15-,16-/m1/s1. The molecule has 0 bridgehead atoms. The Balaban J connectivity index is 2.09. The van der Waals surface area contributed by atoms with Gasteiger partial charge in [-0.25, -0.2) is 21.2 Å². The minimum atomic E-state index is -3.87. The van der Waals surface area contributed by atoms with Crippen molar-refractivity contribution in [3.63, 3.8) is 0 Å². The summed E-state index contributed by atoms with van der Waals surface area (Å²) in [4.78, 5) is -0.0639. The van der Waals surface area contributed by atoms with Gasteiger partial charge >= 0.3 is 0 Å². The highest BCUT2D eigenvalue weighted by Gasteiger charge is 2.45. The molecule has 0 amide bonds. The summed E-state index contributed by atoms with van der Waals surface area (Å²) in [5.74, 6) is -1.19. The Morgan fingerprint density at radius 1 is 1.24 bits per heavy atom. The van der Waals surface area contributed by atoms with Gasteiger partial charge in [0.15, 0.2) is 19.7 Å². The molecule has 0 aromatic heterocycles. The third-order valence-electron chi connectivity index (χ3n) is 4.02. The molecule has 142 valence electrons. The number of hydrogen-bond acceptors (Lipinski definition) is 6. The second-order valence-corrected chi connectivity index (χ2v) is 10.8. The molecule has 1 aliphatic rings. The first kappa shape index (κ1) is 20.3. The number of halogens is 1. The van der Waals surface area contributed by atoms with Crippen LogP contribution in [0.4, 0.5) is 4.39 Å². The van der Waals surface area contributed by atoms with Crippen LogP contribution < -0.4 is 5.32 Å². The SMILES string of the molecule is CC(C)OCCCN[C@@H]1CS(=O)(=O)C[C@H]1S(=O)(=O)c1ccc(F)cc1. The van der Waals surface area contributed by atoms with E-state index in [2.05, 4.69) is 5.32 Å². The van der Waals surface area contributed by atoms with Gasteiger partial charge in [-0.15, -0.1) is 0 Å². The van der Waals surface area contributed by atoms with Crippen LogP contribution in [0.2, 0.25) is 0 Å². The van der Waals surface area contributed by atoms with Gasteiger partial charge < -0.3 is 10.1 Å². The Morgan fingerprint density at radius 3 is 2.48 bits per heavy atom. The van der Waals surface area contributed by atoms with Gasteiger partial charge in [0.2, 0.25) is 0 Å². The maximum absolute atomic E-state index is 13.0. The van der Waals surface area contributed by atoms with Gasteiger partial charge in [-0.2, -0.15) is 0 Å². The molecule has 9 heteroatoms. The van der Waals surface area contributed by atoms with Crippen LogP contribution in [-0.4, -0.2) is 58.9 Å². The molecule has 1 heterocycles. The van der Waals surface area contributed by atoms with Crippen molar-refractivity contribution in [3.05, 3.63) is 30.1 Å². The maximum atomic E-state index is 13.0. The summed E-state index contributed by atoms with van der Waals surface area (Å²) in [7, 11) is -7.32. The number of ether oxygens (including phenoxy) is 1. The molecule has 1 aromatic carbocycles. The van der Waals surface area contributed by atoms with Gasteiger partial charge in [0.1, 0.15) is 5.82 Å². The van der Waals surface area contributed by atoms with E-state index in [0.29, 0.717) is 19.6 Å². The minimum Gasteiger partial charge on any atom is -0.379 e. The topological polar surface area (TPSA) is 89.5 Å². The Kier molecular flexibility index (Phi) is 6.58. The van der Waals surface area contributed by atoms with Crippen LogP contribution in [0.1, 0.15) is 20.3 Å². The van der Waals surface area contributed by atoms with E-state index in [1.54, 1.807) is 0 Å². The van der Waals surface area contributed by atoms with Crippen molar-refractivity contribution in [3.8, 4) is 0 Å². The first-order chi connectivity index (χ1) is 11.6. The zero-order chi connectivity index (χ0) is 18.7. The van der Waals surface area contributed by atoms with Crippen LogP contribution in [0.5, 0.6) is 0 Å². The molecule has 1 N–H and O–H groups in total. The number of benzene rings is 1. The summed E-state index contributed by atoms with van der Waals surface area (Å²) in [6.45, 7) is 4.81. The van der Waals surface area contributed by atoms with Gasteiger partial charge in [0.05, 0.1) is 27.8 Å². The fraction of sp³-hybridized carbons (Fsp3) is 0.625. The second-order valence-electron chi connectivity index (χ2n) is 6.45. The van der Waals surface area contributed by atoms with Gasteiger partial charge in [0, 0.05) is 12.6 Å². The largest absolute Gasteiger partial charge is 0.379 e. The maximum Gasteiger partial charge on any atom is 0.183 e. The van der Waals surface area contributed by atoms with Crippen LogP contribution in [0.25, 0.3) is 0 Å². The summed E-state index contributed by atoms with van der Waals surface area (Å²) in [5.41, 5.74) is 0. The summed E-state index contributed by atoms with van der Waals surface area (Å²) >= 11 is 0. The third kappa shape index (κ3) is 5.47. The van der Waals surface area contributed by atoms with Crippen molar-refractivity contribution in [1.29, 1.82) is 0 Å². The predicted molar refractivity (Wildman–Crippen MR) is 93.5 cm³/mol. The molecule has 1 aliphatic heterocycles. The molecule has 6 nitrogen and oxygen atoms in total. The van der Waals surface area contributed by atoms with Crippen molar-refractivity contribution in [2.75, 3.05) is 24.7 Å². The average molecular weight is 394 g/mol. The van der Waals surface area contributed by atoms with Gasteiger partial charge in [0.25, 0.3) is 0 Å². The lowest BCUT2D eigenvalue weighted by Crippen LogP contribution is -2.43. The lowest BCUT2D eigenvalue weighted by Gasteiger charge is -2.20. The van der Waals surface area contributed by atoms with Crippen LogP contribution in [0.15, 0.2) is 29.2 Å². The van der Waals surface area contributed by atoms with Gasteiger partial charge in [-0.1, -0.05) is 0 Å².